The second kappa shape index (κ2) is 7.35. The van der Waals surface area contributed by atoms with E-state index in [0.29, 0.717) is 18.8 Å². The Hall–Kier alpha value is -3.74. The molecule has 0 saturated carbocycles. The molecule has 7 nitrogen and oxygen atoms in total. The van der Waals surface area contributed by atoms with Gasteiger partial charge in [-0.15, -0.1) is 0 Å². The molecular formula is C22H20N6O. The predicted molar refractivity (Wildman–Crippen MR) is 111 cm³/mol. The van der Waals surface area contributed by atoms with Crippen LogP contribution in [-0.4, -0.2) is 56.5 Å². The van der Waals surface area contributed by atoms with E-state index in [1.54, 1.807) is 12.5 Å². The molecule has 29 heavy (non-hydrogen) atoms. The smallest absolute Gasteiger partial charge is 0.273 e. The minimum Gasteiger partial charge on any atom is -0.353 e. The van der Waals surface area contributed by atoms with Gasteiger partial charge >= 0.3 is 0 Å². The number of fused-ring (bicyclic) bond motifs is 1. The lowest BCUT2D eigenvalue weighted by Gasteiger charge is -2.35. The van der Waals surface area contributed by atoms with Crippen LogP contribution in [0.5, 0.6) is 0 Å². The molecule has 1 aliphatic rings. The number of anilines is 1. The number of piperazine rings is 1. The van der Waals surface area contributed by atoms with Crippen LogP contribution in [0.15, 0.2) is 73.4 Å². The first kappa shape index (κ1) is 17.4. The highest BCUT2D eigenvalue weighted by atomic mass is 16.2. The number of carbonyl (C=O) groups excluding carboxylic acids is 1. The van der Waals surface area contributed by atoms with E-state index in [4.69, 9.17) is 0 Å². The van der Waals surface area contributed by atoms with Gasteiger partial charge in [0.2, 0.25) is 0 Å². The Bertz CT molecular complexity index is 1140. The summed E-state index contributed by atoms with van der Waals surface area (Å²) >= 11 is 0. The summed E-state index contributed by atoms with van der Waals surface area (Å²) in [5.41, 5.74) is 0.522. The summed E-state index contributed by atoms with van der Waals surface area (Å²) in [6.07, 6.45) is 7.21. The fourth-order valence-corrected chi connectivity index (χ4v) is 3.72. The molecule has 7 heteroatoms. The highest BCUT2D eigenvalue weighted by Crippen LogP contribution is 2.20. The van der Waals surface area contributed by atoms with Crippen molar-refractivity contribution in [1.29, 1.82) is 0 Å². The fourth-order valence-electron chi connectivity index (χ4n) is 3.72. The summed E-state index contributed by atoms with van der Waals surface area (Å²) in [4.78, 5) is 30.3. The summed E-state index contributed by atoms with van der Waals surface area (Å²) in [5, 5.41) is 1.93. The molecule has 1 saturated heterocycles. The molecule has 4 heterocycles. The lowest BCUT2D eigenvalue weighted by atomic mass is 10.1. The SMILES string of the molecule is O=C(c1nccc2ccccc12)N1CCN(c2cc(-n3cccc3)ncn2)CC1. The number of rotatable bonds is 3. The minimum atomic E-state index is -0.0165. The van der Waals surface area contributed by atoms with Gasteiger partial charge in [-0.3, -0.25) is 9.78 Å². The topological polar surface area (TPSA) is 67.2 Å². The van der Waals surface area contributed by atoms with Crippen molar-refractivity contribution in [3.8, 4) is 5.82 Å². The van der Waals surface area contributed by atoms with Crippen molar-refractivity contribution in [2.45, 2.75) is 0 Å². The molecule has 3 aromatic heterocycles. The number of aromatic nitrogens is 4. The minimum absolute atomic E-state index is 0.0165. The highest BCUT2D eigenvalue weighted by molar-refractivity contribution is 6.05. The predicted octanol–water partition coefficient (Wildman–Crippen LogP) is 2.78. The zero-order valence-electron chi connectivity index (χ0n) is 15.8. The van der Waals surface area contributed by atoms with Gasteiger partial charge in [-0.05, 0) is 23.6 Å². The third-order valence-corrected chi connectivity index (χ3v) is 5.27. The lowest BCUT2D eigenvalue weighted by molar-refractivity contribution is 0.0743. The number of hydrogen-bond donors (Lipinski definition) is 0. The van der Waals surface area contributed by atoms with Crippen LogP contribution in [0.3, 0.4) is 0 Å². The van der Waals surface area contributed by atoms with Crippen molar-refractivity contribution in [3.05, 3.63) is 79.1 Å². The standard InChI is InChI=1S/C22H20N6O/c29-22(21-18-6-2-1-5-17(18)7-8-23-21)28-13-11-27(12-14-28)20-15-19(24-16-25-20)26-9-3-4-10-26/h1-10,15-16H,11-14H2. The van der Waals surface area contributed by atoms with Gasteiger partial charge in [-0.25, -0.2) is 9.97 Å². The van der Waals surface area contributed by atoms with Crippen LogP contribution in [0.25, 0.3) is 16.6 Å². The van der Waals surface area contributed by atoms with Gasteiger partial charge in [0.1, 0.15) is 23.7 Å². The van der Waals surface area contributed by atoms with E-state index in [2.05, 4.69) is 19.9 Å². The van der Waals surface area contributed by atoms with Gasteiger partial charge in [-0.1, -0.05) is 24.3 Å². The Kier molecular flexibility index (Phi) is 4.40. The molecule has 0 unspecified atom stereocenters. The quantitative estimate of drug-likeness (QED) is 0.543. The maximum absolute atomic E-state index is 13.1. The first-order valence-electron chi connectivity index (χ1n) is 9.63. The number of carbonyl (C=O) groups is 1. The normalized spacial score (nSPS) is 14.3. The maximum atomic E-state index is 13.1. The van der Waals surface area contributed by atoms with E-state index in [-0.39, 0.29) is 5.91 Å². The average molecular weight is 384 g/mol. The third-order valence-electron chi connectivity index (χ3n) is 5.27. The largest absolute Gasteiger partial charge is 0.353 e. The number of amides is 1. The second-order valence-corrected chi connectivity index (χ2v) is 6.98. The van der Waals surface area contributed by atoms with Crippen LogP contribution in [0.4, 0.5) is 5.82 Å². The first-order chi connectivity index (χ1) is 14.3. The number of hydrogen-bond acceptors (Lipinski definition) is 5. The number of benzene rings is 1. The molecule has 0 spiro atoms. The van der Waals surface area contributed by atoms with Crippen molar-refractivity contribution in [3.63, 3.8) is 0 Å². The van der Waals surface area contributed by atoms with E-state index in [1.807, 2.05) is 70.4 Å². The molecular weight excluding hydrogens is 364 g/mol. The van der Waals surface area contributed by atoms with Gasteiger partial charge in [0.15, 0.2) is 0 Å². The van der Waals surface area contributed by atoms with E-state index < -0.39 is 0 Å². The van der Waals surface area contributed by atoms with Gasteiger partial charge < -0.3 is 14.4 Å². The Morgan fingerprint density at radius 1 is 0.828 bits per heavy atom. The number of pyridine rings is 1. The molecule has 5 rings (SSSR count). The highest BCUT2D eigenvalue weighted by Gasteiger charge is 2.25. The van der Waals surface area contributed by atoms with E-state index in [0.717, 1.165) is 35.5 Å². The van der Waals surface area contributed by atoms with E-state index in [9.17, 15) is 4.79 Å². The second-order valence-electron chi connectivity index (χ2n) is 6.98. The summed E-state index contributed by atoms with van der Waals surface area (Å²) in [5.74, 6) is 1.69. The fraction of sp³-hybridized carbons (Fsp3) is 0.182. The van der Waals surface area contributed by atoms with Crippen molar-refractivity contribution >= 4 is 22.5 Å². The van der Waals surface area contributed by atoms with Crippen LogP contribution >= 0.6 is 0 Å². The van der Waals surface area contributed by atoms with Crippen molar-refractivity contribution in [2.75, 3.05) is 31.1 Å². The van der Waals surface area contributed by atoms with Gasteiger partial charge in [-0.2, -0.15) is 0 Å². The average Bonchev–Trinajstić information content (AvgIpc) is 3.34. The van der Waals surface area contributed by atoms with Crippen LogP contribution in [0.1, 0.15) is 10.5 Å². The molecule has 0 aliphatic carbocycles. The molecule has 1 amide bonds. The van der Waals surface area contributed by atoms with Crippen molar-refractivity contribution in [1.82, 2.24) is 24.4 Å². The van der Waals surface area contributed by atoms with Crippen molar-refractivity contribution < 1.29 is 4.79 Å². The molecule has 0 atom stereocenters. The van der Waals surface area contributed by atoms with Gasteiger partial charge in [0.05, 0.1) is 0 Å². The Morgan fingerprint density at radius 3 is 2.41 bits per heavy atom. The van der Waals surface area contributed by atoms with Crippen LogP contribution in [0, 0.1) is 0 Å². The van der Waals surface area contributed by atoms with Crippen LogP contribution < -0.4 is 4.90 Å². The number of nitrogens with zero attached hydrogens (tertiary/aromatic N) is 6. The molecule has 0 N–H and O–H groups in total. The summed E-state index contributed by atoms with van der Waals surface area (Å²) < 4.78 is 1.96. The zero-order valence-corrected chi connectivity index (χ0v) is 15.8. The van der Waals surface area contributed by atoms with Crippen LogP contribution in [-0.2, 0) is 0 Å². The summed E-state index contributed by atoms with van der Waals surface area (Å²) in [6.45, 7) is 2.70. The molecule has 0 bridgehead atoms. The maximum Gasteiger partial charge on any atom is 0.273 e. The lowest BCUT2D eigenvalue weighted by Crippen LogP contribution is -2.49. The molecule has 4 aromatic rings. The monoisotopic (exact) mass is 384 g/mol. The summed E-state index contributed by atoms with van der Waals surface area (Å²) in [7, 11) is 0. The van der Waals surface area contributed by atoms with Crippen molar-refractivity contribution in [2.24, 2.45) is 0 Å². The van der Waals surface area contributed by atoms with E-state index in [1.165, 1.54) is 0 Å². The van der Waals surface area contributed by atoms with Gasteiger partial charge in [0.25, 0.3) is 5.91 Å². The Labute approximate surface area is 168 Å². The Balaban J connectivity index is 1.32. The molecule has 1 aromatic carbocycles. The van der Waals surface area contributed by atoms with E-state index >= 15 is 0 Å². The summed E-state index contributed by atoms with van der Waals surface area (Å²) in [6, 6.07) is 15.7. The van der Waals surface area contributed by atoms with Gasteiger partial charge in [0, 0.05) is 56.2 Å². The molecule has 144 valence electrons. The first-order valence-corrected chi connectivity index (χ1v) is 9.63. The molecule has 1 aliphatic heterocycles. The zero-order chi connectivity index (χ0) is 19.6. The molecule has 0 radical (unpaired) electrons. The Morgan fingerprint density at radius 2 is 1.59 bits per heavy atom. The third kappa shape index (κ3) is 3.31. The molecule has 1 fully saturated rings. The van der Waals surface area contributed by atoms with Crippen LogP contribution in [0.2, 0.25) is 0 Å².